The smallest absolute Gasteiger partial charge is 0.256 e. The third-order valence-electron chi connectivity index (χ3n) is 4.78. The number of carbonyl (C=O) groups excluding carboxylic acids is 1. The first-order chi connectivity index (χ1) is 13.8. The van der Waals surface area contributed by atoms with Crippen LogP contribution in [0.15, 0.2) is 30.3 Å². The van der Waals surface area contributed by atoms with Crippen molar-refractivity contribution in [2.45, 2.75) is 52.4 Å². The number of fused-ring (bicyclic) bond motifs is 1. The topological polar surface area (TPSA) is 101 Å². The number of amides is 1. The molecule has 1 amide bonds. The lowest BCUT2D eigenvalue weighted by Gasteiger charge is -2.27. The van der Waals surface area contributed by atoms with E-state index in [9.17, 15) is 4.79 Å². The fourth-order valence-corrected chi connectivity index (χ4v) is 3.22. The molecule has 7 nitrogen and oxygen atoms in total. The summed E-state index contributed by atoms with van der Waals surface area (Å²) in [6, 6.07) is 9.78. The second-order valence-electron chi connectivity index (χ2n) is 7.81. The molecule has 29 heavy (non-hydrogen) atoms. The molecule has 1 aromatic carbocycles. The zero-order valence-corrected chi connectivity index (χ0v) is 18.2. The number of pyridine rings is 1. The predicted molar refractivity (Wildman–Crippen MR) is 119 cm³/mol. The molecule has 3 atom stereocenters. The van der Waals surface area contributed by atoms with Crippen molar-refractivity contribution in [1.29, 1.82) is 0 Å². The Balaban J connectivity index is 2.24. The van der Waals surface area contributed by atoms with Crippen molar-refractivity contribution in [3.05, 3.63) is 35.9 Å². The van der Waals surface area contributed by atoms with Crippen LogP contribution in [0.5, 0.6) is 0 Å². The summed E-state index contributed by atoms with van der Waals surface area (Å²) in [5.74, 6) is 0.840. The van der Waals surface area contributed by atoms with Gasteiger partial charge in [-0.15, -0.1) is 0 Å². The Morgan fingerprint density at radius 2 is 1.93 bits per heavy atom. The van der Waals surface area contributed by atoms with E-state index < -0.39 is 6.17 Å². The first-order valence-corrected chi connectivity index (χ1v) is 10.3. The van der Waals surface area contributed by atoms with Gasteiger partial charge in [0.25, 0.3) is 5.91 Å². The fraction of sp³-hybridized carbons (Fsp3) is 0.545. The molecule has 0 saturated carbocycles. The van der Waals surface area contributed by atoms with Crippen LogP contribution in [0.4, 0.5) is 5.82 Å². The van der Waals surface area contributed by atoms with Gasteiger partial charge in [0.1, 0.15) is 5.82 Å². The average Bonchev–Trinajstić information content (AvgIpc) is 2.69. The number of rotatable bonds is 11. The van der Waals surface area contributed by atoms with E-state index in [4.69, 9.17) is 10.5 Å². The monoisotopic (exact) mass is 401 g/mol. The minimum absolute atomic E-state index is 0.0589. The number of hydrogen-bond acceptors (Lipinski definition) is 6. The highest BCUT2D eigenvalue weighted by Gasteiger charge is 2.21. The van der Waals surface area contributed by atoms with E-state index in [1.54, 1.807) is 14.0 Å². The maximum absolute atomic E-state index is 12.7. The SMILES string of the molecule is CCC(NCC(C)C)C(CNc1nc2ccccc2cc1C(=O)NC(C)N)OC. The molecule has 1 aromatic heterocycles. The van der Waals surface area contributed by atoms with Crippen molar-refractivity contribution in [3.63, 3.8) is 0 Å². The molecule has 0 aliphatic heterocycles. The second kappa shape index (κ2) is 11.1. The summed E-state index contributed by atoms with van der Waals surface area (Å²) >= 11 is 0. The van der Waals surface area contributed by atoms with Crippen LogP contribution in [-0.2, 0) is 4.74 Å². The standard InChI is InChI=1S/C22H35N5O2/c1-6-18(24-12-14(2)3)20(29-5)13-25-21-17(22(28)26-15(4)23)11-16-9-7-8-10-19(16)27-21/h7-11,14-15,18,20,24H,6,12-13,23H2,1-5H3,(H,25,27)(H,26,28). The fourth-order valence-electron chi connectivity index (χ4n) is 3.22. The molecular weight excluding hydrogens is 366 g/mol. The number of carbonyl (C=O) groups is 1. The molecule has 0 fully saturated rings. The number of nitrogens with two attached hydrogens (primary N) is 1. The molecule has 7 heteroatoms. The molecule has 2 rings (SSSR count). The number of anilines is 1. The first-order valence-electron chi connectivity index (χ1n) is 10.3. The van der Waals surface area contributed by atoms with E-state index >= 15 is 0 Å². The zero-order valence-electron chi connectivity index (χ0n) is 18.2. The summed E-state index contributed by atoms with van der Waals surface area (Å²) in [6.07, 6.45) is 0.436. The number of nitrogens with one attached hydrogen (secondary N) is 3. The average molecular weight is 402 g/mol. The molecule has 0 aliphatic rings. The molecule has 160 valence electrons. The number of nitrogens with zero attached hydrogens (tertiary/aromatic N) is 1. The second-order valence-corrected chi connectivity index (χ2v) is 7.81. The largest absolute Gasteiger partial charge is 0.378 e. The number of hydrogen-bond donors (Lipinski definition) is 4. The van der Waals surface area contributed by atoms with Gasteiger partial charge >= 0.3 is 0 Å². The number of methoxy groups -OCH3 is 1. The number of ether oxygens (including phenoxy) is 1. The van der Waals surface area contributed by atoms with Crippen LogP contribution in [0.25, 0.3) is 10.9 Å². The quantitative estimate of drug-likeness (QED) is 0.432. The number of aromatic nitrogens is 1. The summed E-state index contributed by atoms with van der Waals surface area (Å²) < 4.78 is 5.74. The molecule has 0 radical (unpaired) electrons. The third-order valence-corrected chi connectivity index (χ3v) is 4.78. The van der Waals surface area contributed by atoms with Crippen LogP contribution in [0.1, 0.15) is 44.5 Å². The van der Waals surface area contributed by atoms with Gasteiger partial charge in [0.2, 0.25) is 0 Å². The zero-order chi connectivity index (χ0) is 21.4. The Hall–Kier alpha value is -2.22. The molecule has 1 heterocycles. The summed E-state index contributed by atoms with van der Waals surface area (Å²) in [4.78, 5) is 17.4. The Bertz CT molecular complexity index is 794. The van der Waals surface area contributed by atoms with Crippen molar-refractivity contribution < 1.29 is 9.53 Å². The van der Waals surface area contributed by atoms with Crippen molar-refractivity contribution >= 4 is 22.6 Å². The van der Waals surface area contributed by atoms with Gasteiger partial charge in [0, 0.05) is 25.1 Å². The maximum Gasteiger partial charge on any atom is 0.256 e. The lowest BCUT2D eigenvalue weighted by molar-refractivity contribution is 0.0756. The van der Waals surface area contributed by atoms with Crippen molar-refractivity contribution in [2.75, 3.05) is 25.5 Å². The molecule has 3 unspecified atom stereocenters. The molecule has 0 spiro atoms. The predicted octanol–water partition coefficient (Wildman–Crippen LogP) is 2.72. The van der Waals surface area contributed by atoms with Crippen LogP contribution in [0.2, 0.25) is 0 Å². The molecule has 0 aliphatic carbocycles. The van der Waals surface area contributed by atoms with Gasteiger partial charge in [-0.1, -0.05) is 39.0 Å². The summed E-state index contributed by atoms with van der Waals surface area (Å²) in [5, 5.41) is 10.6. The van der Waals surface area contributed by atoms with Gasteiger partial charge in [0.05, 0.1) is 23.3 Å². The number of benzene rings is 1. The third kappa shape index (κ3) is 6.66. The van der Waals surface area contributed by atoms with E-state index in [1.807, 2.05) is 30.3 Å². The molecule has 0 bridgehead atoms. The van der Waals surface area contributed by atoms with Crippen molar-refractivity contribution in [1.82, 2.24) is 15.6 Å². The number of para-hydroxylation sites is 1. The van der Waals surface area contributed by atoms with Gasteiger partial charge < -0.3 is 26.4 Å². The van der Waals surface area contributed by atoms with Gasteiger partial charge in [0.15, 0.2) is 0 Å². The highest BCUT2D eigenvalue weighted by molar-refractivity contribution is 6.02. The van der Waals surface area contributed by atoms with E-state index in [-0.39, 0.29) is 18.1 Å². The highest BCUT2D eigenvalue weighted by Crippen LogP contribution is 2.21. The van der Waals surface area contributed by atoms with Gasteiger partial charge in [-0.05, 0) is 37.9 Å². The van der Waals surface area contributed by atoms with E-state index in [0.717, 1.165) is 23.9 Å². The molecule has 2 aromatic rings. The van der Waals surface area contributed by atoms with Crippen LogP contribution >= 0.6 is 0 Å². The summed E-state index contributed by atoms with van der Waals surface area (Å²) in [7, 11) is 1.71. The van der Waals surface area contributed by atoms with Crippen LogP contribution in [0.3, 0.4) is 0 Å². The lowest BCUT2D eigenvalue weighted by atomic mass is 10.1. The Labute approximate surface area is 173 Å². The van der Waals surface area contributed by atoms with E-state index in [2.05, 4.69) is 41.7 Å². The molecule has 5 N–H and O–H groups in total. The maximum atomic E-state index is 12.7. The van der Waals surface area contributed by atoms with Gasteiger partial charge in [-0.25, -0.2) is 4.98 Å². The van der Waals surface area contributed by atoms with E-state index in [0.29, 0.717) is 23.8 Å². The van der Waals surface area contributed by atoms with Crippen LogP contribution < -0.4 is 21.7 Å². The Morgan fingerprint density at radius 3 is 2.55 bits per heavy atom. The van der Waals surface area contributed by atoms with E-state index in [1.165, 1.54) is 0 Å². The minimum Gasteiger partial charge on any atom is -0.378 e. The molecular formula is C22H35N5O2. The molecule has 0 saturated heterocycles. The summed E-state index contributed by atoms with van der Waals surface area (Å²) in [6.45, 7) is 9.69. The lowest BCUT2D eigenvalue weighted by Crippen LogP contribution is -2.45. The Morgan fingerprint density at radius 1 is 1.21 bits per heavy atom. The van der Waals surface area contributed by atoms with Gasteiger partial charge in [-0.3, -0.25) is 4.79 Å². The Kier molecular flexibility index (Phi) is 8.82. The first kappa shape index (κ1) is 23.1. The normalized spacial score (nSPS) is 14.6. The van der Waals surface area contributed by atoms with Crippen molar-refractivity contribution in [2.24, 2.45) is 11.7 Å². The van der Waals surface area contributed by atoms with Crippen molar-refractivity contribution in [3.8, 4) is 0 Å². The highest BCUT2D eigenvalue weighted by atomic mass is 16.5. The van der Waals surface area contributed by atoms with Crippen LogP contribution in [-0.4, -0.2) is 49.4 Å². The minimum atomic E-state index is -0.446. The van der Waals surface area contributed by atoms with Gasteiger partial charge in [-0.2, -0.15) is 0 Å². The van der Waals surface area contributed by atoms with Crippen LogP contribution in [0, 0.1) is 5.92 Å². The summed E-state index contributed by atoms with van der Waals surface area (Å²) in [5.41, 5.74) is 7.05.